The first-order valence-corrected chi connectivity index (χ1v) is 6.31. The molecule has 0 aliphatic rings. The molecule has 0 aliphatic heterocycles. The van der Waals surface area contributed by atoms with E-state index in [0.29, 0.717) is 0 Å². The first-order valence-electron chi connectivity index (χ1n) is 5.40. The molecule has 0 radical (unpaired) electrons. The van der Waals surface area contributed by atoms with E-state index in [0.717, 1.165) is 18.8 Å². The van der Waals surface area contributed by atoms with Gasteiger partial charge in [-0.2, -0.15) is 0 Å². The van der Waals surface area contributed by atoms with Crippen LogP contribution >= 0.6 is 23.2 Å². The maximum absolute atomic E-state index is 6.40. The minimum atomic E-state index is -0.966. The maximum atomic E-state index is 6.40. The molecule has 0 saturated heterocycles. The highest BCUT2D eigenvalue weighted by atomic mass is 35.5. The molecule has 2 nitrogen and oxygen atoms in total. The van der Waals surface area contributed by atoms with Crippen molar-refractivity contribution in [2.45, 2.75) is 19.0 Å². The van der Waals surface area contributed by atoms with Crippen LogP contribution in [0.3, 0.4) is 0 Å². The molecule has 0 N–H and O–H groups in total. The third-order valence-corrected chi connectivity index (χ3v) is 3.37. The fraction of sp³-hybridized carbons (Fsp3) is 0.500. The Morgan fingerprint density at radius 3 is 2.19 bits per heavy atom. The van der Waals surface area contributed by atoms with Gasteiger partial charge in [0.15, 0.2) is 0 Å². The molecule has 0 bridgehead atoms. The molecular formula is C12H17Cl2NO. The molecule has 0 amide bonds. The van der Waals surface area contributed by atoms with Gasteiger partial charge >= 0.3 is 0 Å². The Balaban J connectivity index is 2.81. The van der Waals surface area contributed by atoms with Crippen molar-refractivity contribution in [3.8, 4) is 5.75 Å². The van der Waals surface area contributed by atoms with E-state index in [1.54, 1.807) is 0 Å². The van der Waals surface area contributed by atoms with Crippen molar-refractivity contribution >= 4 is 23.2 Å². The van der Waals surface area contributed by atoms with Crippen LogP contribution in [0, 0.1) is 0 Å². The normalized spacial score (nSPS) is 14.8. The molecule has 0 aromatic heterocycles. The molecular weight excluding hydrogens is 245 g/mol. The van der Waals surface area contributed by atoms with E-state index < -0.39 is 5.18 Å². The van der Waals surface area contributed by atoms with Crippen molar-refractivity contribution in [2.24, 2.45) is 0 Å². The maximum Gasteiger partial charge on any atom is 0.254 e. The van der Waals surface area contributed by atoms with Gasteiger partial charge in [0.2, 0.25) is 0 Å². The molecule has 0 spiro atoms. The van der Waals surface area contributed by atoms with E-state index in [2.05, 4.69) is 0 Å². The minimum Gasteiger partial charge on any atom is -0.457 e. The van der Waals surface area contributed by atoms with E-state index >= 15 is 0 Å². The minimum absolute atomic E-state index is 0.213. The lowest BCUT2D eigenvalue weighted by molar-refractivity contribution is 0.0108. The largest absolute Gasteiger partial charge is 0.457 e. The molecule has 1 atom stereocenters. The van der Waals surface area contributed by atoms with Gasteiger partial charge in [-0.3, -0.25) is 4.90 Å². The molecule has 0 aliphatic carbocycles. The fourth-order valence-electron chi connectivity index (χ4n) is 1.54. The second-order valence-electron chi connectivity index (χ2n) is 3.41. The number of ether oxygens (including phenoxy) is 1. The van der Waals surface area contributed by atoms with Crippen molar-refractivity contribution in [3.05, 3.63) is 30.3 Å². The Labute approximate surface area is 107 Å². The molecule has 4 heteroatoms. The Hall–Kier alpha value is -0.440. The zero-order chi connectivity index (χ0) is 12.0. The molecule has 0 heterocycles. The molecule has 0 fully saturated rings. The number of alkyl halides is 2. The first kappa shape index (κ1) is 13.6. The monoisotopic (exact) mass is 261 g/mol. The van der Waals surface area contributed by atoms with Crippen LogP contribution in [-0.2, 0) is 0 Å². The third-order valence-electron chi connectivity index (χ3n) is 2.42. The molecule has 90 valence electrons. The summed E-state index contributed by atoms with van der Waals surface area (Å²) in [5.41, 5.74) is 0. The lowest BCUT2D eigenvalue weighted by atomic mass is 10.3. The number of benzene rings is 1. The summed E-state index contributed by atoms with van der Waals surface area (Å²) < 4.78 is 5.75. The number of hydrogen-bond donors (Lipinski definition) is 0. The summed E-state index contributed by atoms with van der Waals surface area (Å²) in [7, 11) is 0. The SMILES string of the molecule is CCN(CC)C(Cl)(CCl)Oc1ccccc1. The van der Waals surface area contributed by atoms with Crippen molar-refractivity contribution in [1.82, 2.24) is 4.90 Å². The predicted molar refractivity (Wildman–Crippen MR) is 69.3 cm³/mol. The number of rotatable bonds is 6. The average Bonchev–Trinajstić information content (AvgIpc) is 2.32. The van der Waals surface area contributed by atoms with Gasteiger partial charge in [0.05, 0.1) is 5.88 Å². The summed E-state index contributed by atoms with van der Waals surface area (Å²) in [6.07, 6.45) is 0. The number of hydrogen-bond acceptors (Lipinski definition) is 2. The van der Waals surface area contributed by atoms with E-state index in [9.17, 15) is 0 Å². The van der Waals surface area contributed by atoms with Crippen LogP contribution in [0.5, 0.6) is 5.75 Å². The lowest BCUT2D eigenvalue weighted by Crippen LogP contribution is -2.50. The summed E-state index contributed by atoms with van der Waals surface area (Å²) in [5.74, 6) is 0.940. The van der Waals surface area contributed by atoms with Gasteiger partial charge in [0.1, 0.15) is 5.75 Å². The summed E-state index contributed by atoms with van der Waals surface area (Å²) in [5, 5.41) is -0.966. The zero-order valence-corrected chi connectivity index (χ0v) is 11.1. The summed E-state index contributed by atoms with van der Waals surface area (Å²) >= 11 is 12.3. The van der Waals surface area contributed by atoms with Crippen LogP contribution in [0.2, 0.25) is 0 Å². The highest BCUT2D eigenvalue weighted by Crippen LogP contribution is 2.27. The van der Waals surface area contributed by atoms with Gasteiger partial charge < -0.3 is 4.74 Å². The fourth-order valence-corrected chi connectivity index (χ4v) is 2.09. The van der Waals surface area contributed by atoms with Crippen molar-refractivity contribution in [3.63, 3.8) is 0 Å². The summed E-state index contributed by atoms with van der Waals surface area (Å²) in [4.78, 5) is 1.98. The van der Waals surface area contributed by atoms with Gasteiger partial charge in [-0.25, -0.2) is 0 Å². The molecule has 1 rings (SSSR count). The van der Waals surface area contributed by atoms with E-state index in [4.69, 9.17) is 27.9 Å². The highest BCUT2D eigenvalue weighted by molar-refractivity contribution is 6.29. The number of para-hydroxylation sites is 1. The van der Waals surface area contributed by atoms with E-state index in [1.165, 1.54) is 0 Å². The van der Waals surface area contributed by atoms with Gasteiger partial charge in [-0.1, -0.05) is 43.6 Å². The van der Waals surface area contributed by atoms with Crippen LogP contribution in [0.1, 0.15) is 13.8 Å². The van der Waals surface area contributed by atoms with Crippen LogP contribution < -0.4 is 4.74 Å². The average molecular weight is 262 g/mol. The topological polar surface area (TPSA) is 12.5 Å². The Bertz CT molecular complexity index is 303. The molecule has 16 heavy (non-hydrogen) atoms. The predicted octanol–water partition coefficient (Wildman–Crippen LogP) is 3.54. The molecule has 0 saturated carbocycles. The Morgan fingerprint density at radius 1 is 1.19 bits per heavy atom. The van der Waals surface area contributed by atoms with Crippen molar-refractivity contribution in [2.75, 3.05) is 19.0 Å². The van der Waals surface area contributed by atoms with Crippen LogP contribution in [0.25, 0.3) is 0 Å². The lowest BCUT2D eigenvalue weighted by Gasteiger charge is -2.36. The van der Waals surface area contributed by atoms with Gasteiger partial charge in [-0.15, -0.1) is 11.6 Å². The third kappa shape index (κ3) is 3.27. The van der Waals surface area contributed by atoms with Gasteiger partial charge in [0, 0.05) is 13.1 Å². The van der Waals surface area contributed by atoms with Crippen molar-refractivity contribution < 1.29 is 4.74 Å². The Morgan fingerprint density at radius 2 is 1.75 bits per heavy atom. The van der Waals surface area contributed by atoms with Crippen LogP contribution in [0.4, 0.5) is 0 Å². The summed E-state index contributed by atoms with van der Waals surface area (Å²) in [6, 6.07) is 9.48. The quantitative estimate of drug-likeness (QED) is 0.441. The smallest absolute Gasteiger partial charge is 0.254 e. The number of halogens is 2. The van der Waals surface area contributed by atoms with Crippen molar-refractivity contribution in [1.29, 1.82) is 0 Å². The van der Waals surface area contributed by atoms with Gasteiger partial charge in [-0.05, 0) is 12.1 Å². The molecule has 1 aromatic rings. The second kappa shape index (κ2) is 6.33. The van der Waals surface area contributed by atoms with Gasteiger partial charge in [0.25, 0.3) is 5.18 Å². The Kier molecular flexibility index (Phi) is 5.39. The summed E-state index contributed by atoms with van der Waals surface area (Å²) in [6.45, 7) is 5.64. The first-order chi connectivity index (χ1) is 7.66. The van der Waals surface area contributed by atoms with E-state index in [1.807, 2.05) is 49.1 Å². The second-order valence-corrected chi connectivity index (χ2v) is 4.27. The zero-order valence-electron chi connectivity index (χ0n) is 9.62. The van der Waals surface area contributed by atoms with Crippen LogP contribution in [-0.4, -0.2) is 29.1 Å². The van der Waals surface area contributed by atoms with E-state index in [-0.39, 0.29) is 5.88 Å². The number of nitrogens with zero attached hydrogens (tertiary/aromatic N) is 1. The molecule has 1 unspecified atom stereocenters. The standard InChI is InChI=1S/C12H17Cl2NO/c1-3-15(4-2)12(14,10-13)16-11-8-6-5-7-9-11/h5-9H,3-4,10H2,1-2H3. The highest BCUT2D eigenvalue weighted by Gasteiger charge is 2.34. The molecule has 1 aromatic carbocycles. The van der Waals surface area contributed by atoms with Crippen LogP contribution in [0.15, 0.2) is 30.3 Å².